The summed E-state index contributed by atoms with van der Waals surface area (Å²) < 4.78 is 12.8. The minimum absolute atomic E-state index is 0.531. The number of nitrogen functional groups attached to an aromatic ring is 1. The summed E-state index contributed by atoms with van der Waals surface area (Å²) in [5.41, 5.74) is 3.18. The lowest BCUT2D eigenvalue weighted by atomic mass is 10.1. The van der Waals surface area contributed by atoms with Gasteiger partial charge in [-0.25, -0.2) is 14.0 Å². The largest absolute Gasteiger partial charge is 0.478 e. The van der Waals surface area contributed by atoms with Gasteiger partial charge in [-0.15, -0.1) is 0 Å². The summed E-state index contributed by atoms with van der Waals surface area (Å²) in [6.45, 7) is 0. The highest BCUT2D eigenvalue weighted by Gasteiger charge is 2.21. The fourth-order valence-corrected chi connectivity index (χ4v) is 1.00. The Morgan fingerprint density at radius 3 is 2.21 bits per heavy atom. The third-order valence-corrected chi connectivity index (χ3v) is 1.64. The van der Waals surface area contributed by atoms with Crippen LogP contribution in [0.1, 0.15) is 20.7 Å². The van der Waals surface area contributed by atoms with Gasteiger partial charge in [-0.1, -0.05) is 0 Å². The number of carbonyl (C=O) groups is 2. The summed E-state index contributed by atoms with van der Waals surface area (Å²) in [5.74, 6) is -3.99. The molecule has 0 aliphatic carbocycles. The molecule has 0 aromatic heterocycles. The molecule has 1 rings (SSSR count). The topological polar surface area (TPSA) is 101 Å². The third-order valence-electron chi connectivity index (χ3n) is 1.64. The molecule has 0 amide bonds. The molecule has 14 heavy (non-hydrogen) atoms. The molecular formula is C8H6FNO4. The van der Waals surface area contributed by atoms with E-state index >= 15 is 0 Å². The Bertz CT molecular complexity index is 416. The standard InChI is InChI=1S/C8H6FNO4/c9-4-2-1-3(7(11)12)5(6(4)10)8(13)14/h1-2H,10H2,(H,11,12)(H,13,14). The van der Waals surface area contributed by atoms with Crippen LogP contribution in [0.5, 0.6) is 0 Å². The van der Waals surface area contributed by atoms with E-state index in [1.807, 2.05) is 0 Å². The second kappa shape index (κ2) is 3.33. The van der Waals surface area contributed by atoms with Gasteiger partial charge in [0.2, 0.25) is 0 Å². The average molecular weight is 199 g/mol. The lowest BCUT2D eigenvalue weighted by Crippen LogP contribution is -2.12. The normalized spacial score (nSPS) is 9.79. The van der Waals surface area contributed by atoms with Crippen molar-refractivity contribution >= 4 is 17.6 Å². The molecule has 4 N–H and O–H groups in total. The van der Waals surface area contributed by atoms with Crippen LogP contribution in [0.2, 0.25) is 0 Å². The quantitative estimate of drug-likeness (QED) is 0.611. The second-order valence-electron chi connectivity index (χ2n) is 2.49. The van der Waals surface area contributed by atoms with E-state index in [0.717, 1.165) is 12.1 Å². The third kappa shape index (κ3) is 1.49. The molecule has 5 nitrogen and oxygen atoms in total. The van der Waals surface area contributed by atoms with Crippen molar-refractivity contribution in [2.75, 3.05) is 5.73 Å². The molecule has 1 aromatic carbocycles. The first-order chi connectivity index (χ1) is 6.45. The van der Waals surface area contributed by atoms with Crippen molar-refractivity contribution in [3.63, 3.8) is 0 Å². The number of carboxylic acids is 2. The molecule has 0 fully saturated rings. The molecule has 0 bridgehead atoms. The molecule has 0 atom stereocenters. The summed E-state index contributed by atoms with van der Waals surface area (Å²) in [7, 11) is 0. The average Bonchev–Trinajstić information content (AvgIpc) is 2.08. The van der Waals surface area contributed by atoms with Gasteiger partial charge in [-0.3, -0.25) is 0 Å². The van der Waals surface area contributed by atoms with E-state index in [4.69, 9.17) is 15.9 Å². The van der Waals surface area contributed by atoms with Crippen molar-refractivity contribution in [2.24, 2.45) is 0 Å². The first kappa shape index (κ1) is 9.97. The van der Waals surface area contributed by atoms with Gasteiger partial charge in [0.1, 0.15) is 5.82 Å². The molecule has 0 aliphatic rings. The SMILES string of the molecule is Nc1c(F)ccc(C(=O)O)c1C(=O)O. The van der Waals surface area contributed by atoms with Gasteiger partial charge in [0.05, 0.1) is 16.8 Å². The van der Waals surface area contributed by atoms with Crippen molar-refractivity contribution in [1.82, 2.24) is 0 Å². The lowest BCUT2D eigenvalue weighted by Gasteiger charge is -2.05. The van der Waals surface area contributed by atoms with Crippen molar-refractivity contribution in [3.8, 4) is 0 Å². The summed E-state index contributed by atoms with van der Waals surface area (Å²) >= 11 is 0. The van der Waals surface area contributed by atoms with Crippen LogP contribution in [-0.2, 0) is 0 Å². The maximum atomic E-state index is 12.8. The van der Waals surface area contributed by atoms with Gasteiger partial charge < -0.3 is 15.9 Å². The van der Waals surface area contributed by atoms with Crippen molar-refractivity contribution in [3.05, 3.63) is 29.1 Å². The Hall–Kier alpha value is -2.11. The monoisotopic (exact) mass is 199 g/mol. The van der Waals surface area contributed by atoms with Gasteiger partial charge in [0.25, 0.3) is 0 Å². The number of rotatable bonds is 2. The number of aromatic carboxylic acids is 2. The van der Waals surface area contributed by atoms with E-state index in [-0.39, 0.29) is 0 Å². The maximum absolute atomic E-state index is 12.8. The molecule has 0 saturated heterocycles. The van der Waals surface area contributed by atoms with Crippen molar-refractivity contribution in [2.45, 2.75) is 0 Å². The molecule has 6 heteroatoms. The van der Waals surface area contributed by atoms with Crippen LogP contribution in [0.3, 0.4) is 0 Å². The molecule has 74 valence electrons. The Morgan fingerprint density at radius 2 is 1.79 bits per heavy atom. The van der Waals surface area contributed by atoms with Crippen molar-refractivity contribution < 1.29 is 24.2 Å². The zero-order chi connectivity index (χ0) is 10.9. The highest BCUT2D eigenvalue weighted by atomic mass is 19.1. The number of hydrogen-bond acceptors (Lipinski definition) is 3. The minimum Gasteiger partial charge on any atom is -0.478 e. The summed E-state index contributed by atoms with van der Waals surface area (Å²) in [4.78, 5) is 21.1. The van der Waals surface area contributed by atoms with Crippen LogP contribution in [0.15, 0.2) is 12.1 Å². The van der Waals surface area contributed by atoms with Crippen LogP contribution >= 0.6 is 0 Å². The zero-order valence-electron chi connectivity index (χ0n) is 6.82. The maximum Gasteiger partial charge on any atom is 0.338 e. The fraction of sp³-hybridized carbons (Fsp3) is 0. The highest BCUT2D eigenvalue weighted by molar-refractivity contribution is 6.05. The molecule has 0 unspecified atom stereocenters. The lowest BCUT2D eigenvalue weighted by molar-refractivity contribution is 0.0652. The van der Waals surface area contributed by atoms with Gasteiger partial charge in [0, 0.05) is 0 Å². The molecule has 0 radical (unpaired) electrons. The number of benzene rings is 1. The predicted molar refractivity (Wildman–Crippen MR) is 44.7 cm³/mol. The van der Waals surface area contributed by atoms with E-state index in [1.54, 1.807) is 0 Å². The highest BCUT2D eigenvalue weighted by Crippen LogP contribution is 2.20. The Morgan fingerprint density at radius 1 is 1.21 bits per heavy atom. The van der Waals surface area contributed by atoms with Crippen LogP contribution in [-0.4, -0.2) is 22.2 Å². The fourth-order valence-electron chi connectivity index (χ4n) is 1.00. The number of carboxylic acid groups (broad SMARTS) is 2. The van der Waals surface area contributed by atoms with E-state index < -0.39 is 34.6 Å². The first-order valence-electron chi connectivity index (χ1n) is 3.49. The van der Waals surface area contributed by atoms with Crippen molar-refractivity contribution in [1.29, 1.82) is 0 Å². The van der Waals surface area contributed by atoms with E-state index in [0.29, 0.717) is 0 Å². The van der Waals surface area contributed by atoms with Crippen LogP contribution in [0.25, 0.3) is 0 Å². The predicted octanol–water partition coefficient (Wildman–Crippen LogP) is 0.804. The van der Waals surface area contributed by atoms with E-state index in [1.165, 1.54) is 0 Å². The summed E-state index contributed by atoms with van der Waals surface area (Å²) in [6, 6.07) is 1.67. The molecular weight excluding hydrogens is 193 g/mol. The molecule has 0 saturated carbocycles. The number of hydrogen-bond donors (Lipinski definition) is 3. The number of halogens is 1. The smallest absolute Gasteiger partial charge is 0.338 e. The van der Waals surface area contributed by atoms with Gasteiger partial charge in [-0.05, 0) is 12.1 Å². The van der Waals surface area contributed by atoms with Crippen LogP contribution in [0, 0.1) is 5.82 Å². The Balaban J connectivity index is 3.53. The summed E-state index contributed by atoms with van der Waals surface area (Å²) in [5, 5.41) is 17.2. The van der Waals surface area contributed by atoms with Gasteiger partial charge >= 0.3 is 11.9 Å². The second-order valence-corrected chi connectivity index (χ2v) is 2.49. The molecule has 1 aromatic rings. The first-order valence-corrected chi connectivity index (χ1v) is 3.49. The van der Waals surface area contributed by atoms with E-state index in [9.17, 15) is 14.0 Å². The molecule has 0 spiro atoms. The Labute approximate surface area is 77.6 Å². The van der Waals surface area contributed by atoms with E-state index in [2.05, 4.69) is 0 Å². The number of anilines is 1. The minimum atomic E-state index is -1.57. The Kier molecular flexibility index (Phi) is 2.37. The summed E-state index contributed by atoms with van der Waals surface area (Å²) in [6.07, 6.45) is 0. The van der Waals surface area contributed by atoms with Crippen LogP contribution in [0.4, 0.5) is 10.1 Å². The van der Waals surface area contributed by atoms with Crippen LogP contribution < -0.4 is 5.73 Å². The molecule has 0 aliphatic heterocycles. The van der Waals surface area contributed by atoms with Gasteiger partial charge in [-0.2, -0.15) is 0 Å². The van der Waals surface area contributed by atoms with Gasteiger partial charge in [0.15, 0.2) is 0 Å². The number of nitrogens with two attached hydrogens (primary N) is 1. The molecule has 0 heterocycles. The zero-order valence-corrected chi connectivity index (χ0v) is 6.82.